The normalized spacial score (nSPS) is 14.0. The number of hydrogen-bond donors (Lipinski definition) is 2. The van der Waals surface area contributed by atoms with E-state index in [0.29, 0.717) is 6.04 Å². The first kappa shape index (κ1) is 14.8. The monoisotopic (exact) mass is 269 g/mol. The van der Waals surface area contributed by atoms with Crippen LogP contribution in [0.1, 0.15) is 48.2 Å². The Labute approximate surface area is 121 Å². The summed E-state index contributed by atoms with van der Waals surface area (Å²) in [7, 11) is 0. The van der Waals surface area contributed by atoms with Gasteiger partial charge in [-0.1, -0.05) is 48.5 Å². The molecule has 106 valence electrons. The highest BCUT2D eigenvalue weighted by molar-refractivity contribution is 5.29. The second-order valence-corrected chi connectivity index (χ2v) is 5.37. The van der Waals surface area contributed by atoms with Crippen molar-refractivity contribution >= 4 is 0 Å². The maximum Gasteiger partial charge on any atom is 0.0681 e. The fourth-order valence-corrected chi connectivity index (χ4v) is 2.59. The van der Waals surface area contributed by atoms with Crippen molar-refractivity contribution < 1.29 is 5.11 Å². The van der Waals surface area contributed by atoms with E-state index in [2.05, 4.69) is 62.5 Å². The largest absolute Gasteiger partial charge is 0.392 e. The molecule has 2 heteroatoms. The molecule has 0 aromatic heterocycles. The summed E-state index contributed by atoms with van der Waals surface area (Å²) in [6, 6.07) is 17.1. The van der Waals surface area contributed by atoms with E-state index in [1.165, 1.54) is 16.7 Å². The van der Waals surface area contributed by atoms with Crippen molar-refractivity contribution in [3.8, 4) is 0 Å². The van der Waals surface area contributed by atoms with Crippen LogP contribution in [0.4, 0.5) is 0 Å². The number of hydrogen-bond acceptors (Lipinski definition) is 2. The molecule has 2 rings (SSSR count). The van der Waals surface area contributed by atoms with E-state index in [9.17, 15) is 5.11 Å². The maximum atomic E-state index is 9.22. The van der Waals surface area contributed by atoms with Gasteiger partial charge in [0, 0.05) is 12.1 Å². The Bertz CT molecular complexity index is 565. The van der Waals surface area contributed by atoms with Gasteiger partial charge in [0.2, 0.25) is 0 Å². The molecule has 2 atom stereocenters. The van der Waals surface area contributed by atoms with E-state index >= 15 is 0 Å². The number of aliphatic hydroxyl groups is 1. The summed E-state index contributed by atoms with van der Waals surface area (Å²) in [4.78, 5) is 0. The minimum atomic E-state index is 0.0912. The summed E-state index contributed by atoms with van der Waals surface area (Å²) in [6.45, 7) is 6.58. The lowest BCUT2D eigenvalue weighted by atomic mass is 10.00. The molecule has 0 spiro atoms. The summed E-state index contributed by atoms with van der Waals surface area (Å²) in [5.41, 5.74) is 4.80. The van der Waals surface area contributed by atoms with Crippen molar-refractivity contribution in [2.75, 3.05) is 0 Å². The first-order valence-corrected chi connectivity index (χ1v) is 7.13. The highest BCUT2D eigenvalue weighted by Gasteiger charge is 2.12. The second kappa shape index (κ2) is 6.69. The van der Waals surface area contributed by atoms with Crippen LogP contribution >= 0.6 is 0 Å². The van der Waals surface area contributed by atoms with Crippen LogP contribution in [0, 0.1) is 6.92 Å². The molecule has 2 N–H and O–H groups in total. The number of benzene rings is 2. The maximum absolute atomic E-state index is 9.22. The summed E-state index contributed by atoms with van der Waals surface area (Å²) >= 11 is 0. The average molecular weight is 269 g/mol. The fraction of sp³-hybridized carbons (Fsp3) is 0.333. The Morgan fingerprint density at radius 3 is 2.45 bits per heavy atom. The molecular weight excluding hydrogens is 246 g/mol. The molecule has 0 bridgehead atoms. The van der Waals surface area contributed by atoms with E-state index in [0.717, 1.165) is 5.56 Å². The Kier molecular flexibility index (Phi) is 4.94. The topological polar surface area (TPSA) is 32.3 Å². The lowest BCUT2D eigenvalue weighted by Gasteiger charge is -2.22. The third-order valence-electron chi connectivity index (χ3n) is 3.79. The van der Waals surface area contributed by atoms with Crippen molar-refractivity contribution in [1.82, 2.24) is 5.32 Å². The van der Waals surface area contributed by atoms with Crippen molar-refractivity contribution in [3.05, 3.63) is 70.8 Å². The zero-order valence-corrected chi connectivity index (χ0v) is 12.4. The Morgan fingerprint density at radius 2 is 1.75 bits per heavy atom. The Morgan fingerprint density at radius 1 is 1.00 bits per heavy atom. The molecule has 2 unspecified atom stereocenters. The van der Waals surface area contributed by atoms with Crippen LogP contribution in [0.5, 0.6) is 0 Å². The molecule has 0 radical (unpaired) electrons. The van der Waals surface area contributed by atoms with Crippen LogP contribution in [-0.2, 0) is 6.61 Å². The molecule has 0 saturated heterocycles. The smallest absolute Gasteiger partial charge is 0.0681 e. The van der Waals surface area contributed by atoms with Gasteiger partial charge < -0.3 is 10.4 Å². The minimum Gasteiger partial charge on any atom is -0.392 e. The molecule has 0 saturated carbocycles. The molecular formula is C18H23NO. The van der Waals surface area contributed by atoms with Gasteiger partial charge in [-0.25, -0.2) is 0 Å². The predicted octanol–water partition coefficient (Wildman–Crippen LogP) is 3.90. The van der Waals surface area contributed by atoms with Crippen molar-refractivity contribution in [2.24, 2.45) is 0 Å². The van der Waals surface area contributed by atoms with Crippen molar-refractivity contribution in [2.45, 2.75) is 39.5 Å². The van der Waals surface area contributed by atoms with Crippen LogP contribution in [0.15, 0.2) is 48.5 Å². The van der Waals surface area contributed by atoms with Gasteiger partial charge in [-0.05, 0) is 43.0 Å². The first-order valence-electron chi connectivity index (χ1n) is 7.13. The van der Waals surface area contributed by atoms with Crippen molar-refractivity contribution in [3.63, 3.8) is 0 Å². The standard InChI is InChI=1S/C18H23NO/c1-13-7-4-5-10-18(13)15(3)19-14(2)17-9-6-8-16(11-17)12-20/h4-11,14-15,19-20H,12H2,1-3H3. The van der Waals surface area contributed by atoms with Gasteiger partial charge in [-0.3, -0.25) is 0 Å². The third-order valence-corrected chi connectivity index (χ3v) is 3.79. The summed E-state index contributed by atoms with van der Waals surface area (Å²) < 4.78 is 0. The molecule has 0 aliphatic heterocycles. The number of nitrogens with one attached hydrogen (secondary N) is 1. The van der Waals surface area contributed by atoms with Gasteiger partial charge in [0.15, 0.2) is 0 Å². The van der Waals surface area contributed by atoms with E-state index in [1.54, 1.807) is 0 Å². The van der Waals surface area contributed by atoms with Gasteiger partial charge in [-0.15, -0.1) is 0 Å². The number of rotatable bonds is 5. The molecule has 0 fully saturated rings. The number of aryl methyl sites for hydroxylation is 1. The van der Waals surface area contributed by atoms with Gasteiger partial charge in [0.05, 0.1) is 6.61 Å². The van der Waals surface area contributed by atoms with Crippen LogP contribution < -0.4 is 5.32 Å². The highest BCUT2D eigenvalue weighted by atomic mass is 16.3. The zero-order chi connectivity index (χ0) is 14.5. The summed E-state index contributed by atoms with van der Waals surface area (Å²) in [6.07, 6.45) is 0. The van der Waals surface area contributed by atoms with E-state index in [1.807, 2.05) is 12.1 Å². The molecule has 0 heterocycles. The zero-order valence-electron chi connectivity index (χ0n) is 12.4. The van der Waals surface area contributed by atoms with Gasteiger partial charge >= 0.3 is 0 Å². The van der Waals surface area contributed by atoms with Gasteiger partial charge in [-0.2, -0.15) is 0 Å². The van der Waals surface area contributed by atoms with Gasteiger partial charge in [0.25, 0.3) is 0 Å². The summed E-state index contributed by atoms with van der Waals surface area (Å²) in [5.74, 6) is 0. The van der Waals surface area contributed by atoms with E-state index < -0.39 is 0 Å². The lowest BCUT2D eigenvalue weighted by Crippen LogP contribution is -2.23. The molecule has 2 aromatic rings. The fourth-order valence-electron chi connectivity index (χ4n) is 2.59. The third kappa shape index (κ3) is 3.47. The summed E-state index contributed by atoms with van der Waals surface area (Å²) in [5, 5.41) is 12.8. The first-order chi connectivity index (χ1) is 9.61. The van der Waals surface area contributed by atoms with Crippen LogP contribution in [0.3, 0.4) is 0 Å². The van der Waals surface area contributed by atoms with Crippen LogP contribution in [0.2, 0.25) is 0 Å². The van der Waals surface area contributed by atoms with Crippen LogP contribution in [0.25, 0.3) is 0 Å². The molecule has 0 aliphatic carbocycles. The van der Waals surface area contributed by atoms with Crippen LogP contribution in [-0.4, -0.2) is 5.11 Å². The molecule has 20 heavy (non-hydrogen) atoms. The quantitative estimate of drug-likeness (QED) is 0.863. The Balaban J connectivity index is 2.11. The molecule has 0 amide bonds. The number of aliphatic hydroxyl groups excluding tert-OH is 1. The van der Waals surface area contributed by atoms with E-state index in [-0.39, 0.29) is 12.6 Å². The van der Waals surface area contributed by atoms with Crippen molar-refractivity contribution in [1.29, 1.82) is 0 Å². The van der Waals surface area contributed by atoms with E-state index in [4.69, 9.17) is 0 Å². The molecule has 0 aliphatic rings. The van der Waals surface area contributed by atoms with Gasteiger partial charge in [0.1, 0.15) is 0 Å². The second-order valence-electron chi connectivity index (χ2n) is 5.37. The Hall–Kier alpha value is -1.64. The SMILES string of the molecule is Cc1ccccc1C(C)NC(C)c1cccc(CO)c1. The average Bonchev–Trinajstić information content (AvgIpc) is 2.47. The minimum absolute atomic E-state index is 0.0912. The molecule has 2 nitrogen and oxygen atoms in total. The lowest BCUT2D eigenvalue weighted by molar-refractivity contribution is 0.281. The predicted molar refractivity (Wildman–Crippen MR) is 83.5 cm³/mol. The molecule has 2 aromatic carbocycles. The highest BCUT2D eigenvalue weighted by Crippen LogP contribution is 2.22.